The zero-order valence-electron chi connectivity index (χ0n) is 14.2. The minimum absolute atomic E-state index is 0.0209. The quantitative estimate of drug-likeness (QED) is 0.820. The molecule has 0 atom stereocenters. The molecule has 1 heterocycles. The summed E-state index contributed by atoms with van der Waals surface area (Å²) < 4.78 is 53.7. The Balaban J connectivity index is 1.89. The second-order valence-corrected chi connectivity index (χ2v) is 8.53. The van der Waals surface area contributed by atoms with Crippen molar-refractivity contribution in [3.05, 3.63) is 58.6 Å². The Morgan fingerprint density at radius 1 is 1.04 bits per heavy atom. The van der Waals surface area contributed by atoms with E-state index in [4.69, 9.17) is 11.6 Å². The molecule has 1 N–H and O–H groups in total. The normalized spacial score (nSPS) is 15.5. The number of piperidine rings is 1. The molecule has 0 aromatic heterocycles. The van der Waals surface area contributed by atoms with E-state index in [0.717, 1.165) is 31.4 Å². The molecular formula is C18H17ClF2N2O3S. The Morgan fingerprint density at radius 2 is 1.74 bits per heavy atom. The van der Waals surface area contributed by atoms with Crippen molar-refractivity contribution in [2.45, 2.75) is 24.2 Å². The molecule has 0 unspecified atom stereocenters. The molecule has 0 aliphatic carbocycles. The number of hydrogen-bond donors (Lipinski definition) is 1. The Hall–Kier alpha value is -2.03. The fraction of sp³-hybridized carbons (Fsp3) is 0.278. The zero-order valence-corrected chi connectivity index (χ0v) is 15.8. The zero-order chi connectivity index (χ0) is 19.6. The van der Waals surface area contributed by atoms with Gasteiger partial charge >= 0.3 is 0 Å². The average molecular weight is 415 g/mol. The van der Waals surface area contributed by atoms with Crippen LogP contribution in [0.4, 0.5) is 14.5 Å². The van der Waals surface area contributed by atoms with Crippen molar-refractivity contribution in [1.29, 1.82) is 0 Å². The molecule has 1 saturated heterocycles. The minimum Gasteiger partial charge on any atom is -0.319 e. The summed E-state index contributed by atoms with van der Waals surface area (Å²) in [6.45, 7) is 0.848. The van der Waals surface area contributed by atoms with Gasteiger partial charge in [0, 0.05) is 19.2 Å². The number of carbonyl (C=O) groups is 1. The van der Waals surface area contributed by atoms with Crippen molar-refractivity contribution in [2.24, 2.45) is 0 Å². The molecule has 1 fully saturated rings. The predicted octanol–water partition coefficient (Wildman–Crippen LogP) is 4.05. The molecule has 3 rings (SSSR count). The van der Waals surface area contributed by atoms with E-state index in [1.807, 2.05) is 0 Å². The Kier molecular flexibility index (Phi) is 5.78. The largest absolute Gasteiger partial charge is 0.319 e. The van der Waals surface area contributed by atoms with E-state index in [9.17, 15) is 22.0 Å². The fourth-order valence-corrected chi connectivity index (χ4v) is 4.62. The van der Waals surface area contributed by atoms with Gasteiger partial charge in [-0.25, -0.2) is 17.2 Å². The number of anilines is 1. The van der Waals surface area contributed by atoms with Gasteiger partial charge in [-0.3, -0.25) is 4.79 Å². The van der Waals surface area contributed by atoms with Gasteiger partial charge in [-0.2, -0.15) is 4.31 Å². The summed E-state index contributed by atoms with van der Waals surface area (Å²) in [5.41, 5.74) is -0.347. The molecule has 0 spiro atoms. The van der Waals surface area contributed by atoms with Crippen LogP contribution in [0.1, 0.15) is 29.6 Å². The van der Waals surface area contributed by atoms with E-state index in [-0.39, 0.29) is 21.2 Å². The number of rotatable bonds is 4. The van der Waals surface area contributed by atoms with Crippen LogP contribution in [0, 0.1) is 11.6 Å². The summed E-state index contributed by atoms with van der Waals surface area (Å²) in [5, 5.41) is 2.30. The molecule has 27 heavy (non-hydrogen) atoms. The van der Waals surface area contributed by atoms with Crippen LogP contribution in [0.5, 0.6) is 0 Å². The lowest BCUT2D eigenvalue weighted by Gasteiger charge is -2.26. The maximum absolute atomic E-state index is 13.7. The van der Waals surface area contributed by atoms with Crippen LogP contribution in [-0.4, -0.2) is 31.7 Å². The first kappa shape index (κ1) is 19.7. The highest BCUT2D eigenvalue weighted by molar-refractivity contribution is 7.89. The molecule has 0 bridgehead atoms. The third-order valence-corrected chi connectivity index (χ3v) is 6.54. The van der Waals surface area contributed by atoms with E-state index < -0.39 is 27.6 Å². The minimum atomic E-state index is -3.75. The monoisotopic (exact) mass is 414 g/mol. The molecule has 2 aromatic rings. The average Bonchev–Trinajstić information content (AvgIpc) is 2.65. The van der Waals surface area contributed by atoms with Gasteiger partial charge in [-0.1, -0.05) is 18.0 Å². The first-order chi connectivity index (χ1) is 12.8. The van der Waals surface area contributed by atoms with Crippen LogP contribution >= 0.6 is 11.6 Å². The van der Waals surface area contributed by atoms with E-state index in [1.165, 1.54) is 22.5 Å². The van der Waals surface area contributed by atoms with Crippen LogP contribution in [0.3, 0.4) is 0 Å². The molecule has 1 aliphatic rings. The molecule has 1 amide bonds. The number of hydrogen-bond acceptors (Lipinski definition) is 3. The van der Waals surface area contributed by atoms with Gasteiger partial charge in [-0.05, 0) is 43.2 Å². The maximum Gasteiger partial charge on any atom is 0.257 e. The van der Waals surface area contributed by atoms with Crippen molar-refractivity contribution < 1.29 is 22.0 Å². The number of sulfonamides is 1. The van der Waals surface area contributed by atoms with Crippen LogP contribution < -0.4 is 5.32 Å². The second kappa shape index (κ2) is 7.92. The Labute approximate surface area is 161 Å². The van der Waals surface area contributed by atoms with Crippen molar-refractivity contribution >= 4 is 33.2 Å². The van der Waals surface area contributed by atoms with Crippen LogP contribution in [0.25, 0.3) is 0 Å². The van der Waals surface area contributed by atoms with E-state index >= 15 is 0 Å². The highest BCUT2D eigenvalue weighted by Gasteiger charge is 2.27. The fourth-order valence-electron chi connectivity index (χ4n) is 2.87. The molecule has 2 aromatic carbocycles. The van der Waals surface area contributed by atoms with Crippen LogP contribution in [-0.2, 0) is 10.0 Å². The summed E-state index contributed by atoms with van der Waals surface area (Å²) in [6.07, 6.45) is 2.54. The molecule has 0 saturated carbocycles. The number of nitrogens with zero attached hydrogens (tertiary/aromatic N) is 1. The Bertz CT molecular complexity index is 977. The molecular weight excluding hydrogens is 398 g/mol. The van der Waals surface area contributed by atoms with Gasteiger partial charge in [0.15, 0.2) is 0 Å². The van der Waals surface area contributed by atoms with Crippen LogP contribution in [0.15, 0.2) is 41.3 Å². The second-order valence-electron chi connectivity index (χ2n) is 6.18. The molecule has 1 aliphatic heterocycles. The van der Waals surface area contributed by atoms with Crippen molar-refractivity contribution in [2.75, 3.05) is 18.4 Å². The summed E-state index contributed by atoms with van der Waals surface area (Å²) in [6, 6.07) is 6.52. The third kappa shape index (κ3) is 4.28. The lowest BCUT2D eigenvalue weighted by Crippen LogP contribution is -2.35. The Morgan fingerprint density at radius 3 is 2.41 bits per heavy atom. The van der Waals surface area contributed by atoms with Gasteiger partial charge in [0.25, 0.3) is 5.91 Å². The lowest BCUT2D eigenvalue weighted by atomic mass is 10.2. The van der Waals surface area contributed by atoms with E-state index in [0.29, 0.717) is 19.2 Å². The lowest BCUT2D eigenvalue weighted by molar-refractivity contribution is 0.102. The number of carbonyl (C=O) groups excluding carboxylic acids is 1. The molecule has 144 valence electrons. The predicted molar refractivity (Wildman–Crippen MR) is 98.4 cm³/mol. The maximum atomic E-state index is 13.7. The first-order valence-corrected chi connectivity index (χ1v) is 10.2. The third-order valence-electron chi connectivity index (χ3n) is 4.31. The summed E-state index contributed by atoms with van der Waals surface area (Å²) in [5.74, 6) is -2.52. The van der Waals surface area contributed by atoms with Gasteiger partial charge in [-0.15, -0.1) is 0 Å². The van der Waals surface area contributed by atoms with E-state index in [2.05, 4.69) is 5.32 Å². The van der Waals surface area contributed by atoms with Crippen molar-refractivity contribution in [3.63, 3.8) is 0 Å². The molecule has 5 nitrogen and oxygen atoms in total. The standard InChI is InChI=1S/C18H17ClF2N2O3S/c19-15-6-5-13(27(25,26)23-8-2-1-3-9-23)11-14(15)18(24)22-17-7-4-12(20)10-16(17)21/h4-7,10-11H,1-3,8-9H2,(H,22,24). The van der Waals surface area contributed by atoms with Crippen molar-refractivity contribution in [3.8, 4) is 0 Å². The molecule has 9 heteroatoms. The summed E-state index contributed by atoms with van der Waals surface area (Å²) >= 11 is 6.04. The van der Waals surface area contributed by atoms with Gasteiger partial charge in [0.1, 0.15) is 11.6 Å². The summed E-state index contributed by atoms with van der Waals surface area (Å²) in [7, 11) is -3.75. The van der Waals surface area contributed by atoms with Gasteiger partial charge < -0.3 is 5.32 Å². The van der Waals surface area contributed by atoms with Gasteiger partial charge in [0.2, 0.25) is 10.0 Å². The van der Waals surface area contributed by atoms with E-state index in [1.54, 1.807) is 0 Å². The van der Waals surface area contributed by atoms with Crippen molar-refractivity contribution in [1.82, 2.24) is 4.31 Å². The number of nitrogens with one attached hydrogen (secondary N) is 1. The number of amides is 1. The highest BCUT2D eigenvalue weighted by atomic mass is 35.5. The number of benzene rings is 2. The highest BCUT2D eigenvalue weighted by Crippen LogP contribution is 2.26. The summed E-state index contributed by atoms with van der Waals surface area (Å²) in [4.78, 5) is 12.4. The first-order valence-electron chi connectivity index (χ1n) is 8.35. The smallest absolute Gasteiger partial charge is 0.257 e. The number of halogens is 3. The van der Waals surface area contributed by atoms with Crippen LogP contribution in [0.2, 0.25) is 5.02 Å². The van der Waals surface area contributed by atoms with Gasteiger partial charge in [0.05, 0.1) is 21.2 Å². The topological polar surface area (TPSA) is 66.5 Å². The SMILES string of the molecule is O=C(Nc1ccc(F)cc1F)c1cc(S(=O)(=O)N2CCCCC2)ccc1Cl. The molecule has 0 radical (unpaired) electrons.